The topological polar surface area (TPSA) is 53.4 Å². The zero-order valence-electron chi connectivity index (χ0n) is 9.26. The van der Waals surface area contributed by atoms with Crippen molar-refractivity contribution < 1.29 is 10.2 Å². The first kappa shape index (κ1) is 10.7. The number of fused-ring (bicyclic) bond motifs is 1. The average Bonchev–Trinajstić information content (AvgIpc) is 2.72. The molecular weight excluding hydrogens is 234 g/mol. The summed E-state index contributed by atoms with van der Waals surface area (Å²) in [6.45, 7) is 0. The maximum Gasteiger partial charge on any atom is 0.124 e. The minimum atomic E-state index is -0.222. The molecule has 0 radical (unpaired) electrons. The first-order valence-corrected chi connectivity index (χ1v) is 6.50. The Hall–Kier alpha value is -1.39. The van der Waals surface area contributed by atoms with E-state index in [0.717, 1.165) is 29.1 Å². The fraction of sp³-hybridized carbons (Fsp3) is 0.308. The predicted octanol–water partition coefficient (Wildman–Crippen LogP) is 2.37. The average molecular weight is 247 g/mol. The van der Waals surface area contributed by atoms with E-state index < -0.39 is 0 Å². The number of phenols is 1. The number of rotatable bonds is 1. The summed E-state index contributed by atoms with van der Waals surface area (Å²) in [6, 6.07) is 7.14. The van der Waals surface area contributed by atoms with Gasteiger partial charge in [0.2, 0.25) is 0 Å². The van der Waals surface area contributed by atoms with Crippen LogP contribution in [0.5, 0.6) is 5.75 Å². The molecule has 0 fully saturated rings. The summed E-state index contributed by atoms with van der Waals surface area (Å²) in [4.78, 5) is 5.78. The third-order valence-electron chi connectivity index (χ3n) is 3.01. The van der Waals surface area contributed by atoms with Crippen LogP contribution in [0.25, 0.3) is 10.6 Å². The first-order chi connectivity index (χ1) is 8.22. The maximum absolute atomic E-state index is 9.62. The molecule has 0 saturated carbocycles. The van der Waals surface area contributed by atoms with Crippen LogP contribution in [0.1, 0.15) is 17.0 Å². The van der Waals surface area contributed by atoms with Gasteiger partial charge in [-0.05, 0) is 25.0 Å². The third kappa shape index (κ3) is 2.06. The van der Waals surface area contributed by atoms with Gasteiger partial charge in [-0.15, -0.1) is 11.3 Å². The molecule has 0 amide bonds. The zero-order chi connectivity index (χ0) is 11.8. The molecule has 0 aliphatic heterocycles. The summed E-state index contributed by atoms with van der Waals surface area (Å²) in [5, 5.41) is 20.0. The number of aliphatic hydroxyl groups is 1. The molecule has 4 heteroatoms. The molecule has 0 bridgehead atoms. The number of nitrogens with zero attached hydrogens (tertiary/aromatic N) is 1. The second-order valence-electron chi connectivity index (χ2n) is 4.34. The molecule has 3 rings (SSSR count). The second-order valence-corrected chi connectivity index (χ2v) is 5.42. The highest BCUT2D eigenvalue weighted by molar-refractivity contribution is 7.15. The molecular formula is C13H13NO2S. The summed E-state index contributed by atoms with van der Waals surface area (Å²) < 4.78 is 0. The molecule has 17 heavy (non-hydrogen) atoms. The minimum absolute atomic E-state index is 0.222. The van der Waals surface area contributed by atoms with Gasteiger partial charge in [0.25, 0.3) is 0 Å². The van der Waals surface area contributed by atoms with Gasteiger partial charge in [0, 0.05) is 16.9 Å². The zero-order valence-corrected chi connectivity index (χ0v) is 10.1. The van der Waals surface area contributed by atoms with E-state index in [0.29, 0.717) is 6.42 Å². The Labute approximate surface area is 103 Å². The van der Waals surface area contributed by atoms with Crippen molar-refractivity contribution in [3.05, 3.63) is 34.8 Å². The van der Waals surface area contributed by atoms with Gasteiger partial charge in [-0.1, -0.05) is 12.1 Å². The molecule has 0 spiro atoms. The fourth-order valence-electron chi connectivity index (χ4n) is 2.12. The van der Waals surface area contributed by atoms with Crippen LogP contribution in [0.3, 0.4) is 0 Å². The van der Waals surface area contributed by atoms with Crippen LogP contribution in [0.4, 0.5) is 0 Å². The van der Waals surface area contributed by atoms with Crippen LogP contribution >= 0.6 is 11.3 Å². The Morgan fingerprint density at radius 3 is 3.06 bits per heavy atom. The Morgan fingerprint density at radius 2 is 2.24 bits per heavy atom. The van der Waals surface area contributed by atoms with Crippen LogP contribution in [0.15, 0.2) is 24.3 Å². The van der Waals surface area contributed by atoms with Crippen LogP contribution in [-0.2, 0) is 12.8 Å². The lowest BCUT2D eigenvalue weighted by Crippen LogP contribution is -2.17. The van der Waals surface area contributed by atoms with Gasteiger partial charge in [0.1, 0.15) is 10.8 Å². The minimum Gasteiger partial charge on any atom is -0.508 e. The molecule has 3 nitrogen and oxygen atoms in total. The highest BCUT2D eigenvalue weighted by Gasteiger charge is 2.21. The molecule has 1 aromatic carbocycles. The van der Waals surface area contributed by atoms with Gasteiger partial charge in [0.15, 0.2) is 0 Å². The molecule has 0 saturated heterocycles. The van der Waals surface area contributed by atoms with Crippen molar-refractivity contribution in [3.8, 4) is 16.3 Å². The van der Waals surface area contributed by atoms with Crippen molar-refractivity contribution in [1.29, 1.82) is 0 Å². The van der Waals surface area contributed by atoms with Crippen molar-refractivity contribution >= 4 is 11.3 Å². The van der Waals surface area contributed by atoms with Gasteiger partial charge in [-0.25, -0.2) is 4.98 Å². The van der Waals surface area contributed by atoms with Crippen LogP contribution in [0, 0.1) is 0 Å². The van der Waals surface area contributed by atoms with E-state index in [-0.39, 0.29) is 11.9 Å². The molecule has 88 valence electrons. The van der Waals surface area contributed by atoms with Crippen molar-refractivity contribution in [1.82, 2.24) is 4.98 Å². The van der Waals surface area contributed by atoms with E-state index in [9.17, 15) is 10.2 Å². The van der Waals surface area contributed by atoms with E-state index in [4.69, 9.17) is 0 Å². The Kier molecular flexibility index (Phi) is 2.61. The monoisotopic (exact) mass is 247 g/mol. The highest BCUT2D eigenvalue weighted by atomic mass is 32.1. The number of hydrogen-bond donors (Lipinski definition) is 2. The SMILES string of the molecule is Oc1cccc(-c2nc3c(s2)CC(O)CC3)c1. The standard InChI is InChI=1S/C13H13NO2S/c15-9-3-1-2-8(6-9)13-14-11-5-4-10(16)7-12(11)17-13/h1-3,6,10,15-16H,4-5,7H2. The molecule has 1 aliphatic rings. The quantitative estimate of drug-likeness (QED) is 0.813. The van der Waals surface area contributed by atoms with Gasteiger partial charge in [-0.3, -0.25) is 0 Å². The van der Waals surface area contributed by atoms with Gasteiger partial charge >= 0.3 is 0 Å². The summed E-state index contributed by atoms with van der Waals surface area (Å²) in [6.07, 6.45) is 2.15. The van der Waals surface area contributed by atoms with Gasteiger partial charge < -0.3 is 10.2 Å². The van der Waals surface area contributed by atoms with Crippen molar-refractivity contribution in [2.24, 2.45) is 0 Å². The third-order valence-corrected chi connectivity index (χ3v) is 4.18. The largest absolute Gasteiger partial charge is 0.508 e. The normalized spacial score (nSPS) is 19.0. The van der Waals surface area contributed by atoms with Crippen LogP contribution in [0.2, 0.25) is 0 Å². The van der Waals surface area contributed by atoms with Gasteiger partial charge in [-0.2, -0.15) is 0 Å². The van der Waals surface area contributed by atoms with E-state index in [1.54, 1.807) is 23.5 Å². The maximum atomic E-state index is 9.62. The number of aliphatic hydroxyl groups excluding tert-OH is 1. The summed E-state index contributed by atoms with van der Waals surface area (Å²) in [5.74, 6) is 0.260. The summed E-state index contributed by atoms with van der Waals surface area (Å²) in [5.41, 5.74) is 2.05. The van der Waals surface area contributed by atoms with Crippen molar-refractivity contribution in [2.75, 3.05) is 0 Å². The number of aryl methyl sites for hydroxylation is 1. The van der Waals surface area contributed by atoms with Gasteiger partial charge in [0.05, 0.1) is 11.8 Å². The van der Waals surface area contributed by atoms with E-state index >= 15 is 0 Å². The number of thiazole rings is 1. The molecule has 1 aliphatic carbocycles. The second kappa shape index (κ2) is 4.13. The van der Waals surface area contributed by atoms with Crippen molar-refractivity contribution in [3.63, 3.8) is 0 Å². The Bertz CT molecular complexity index is 550. The van der Waals surface area contributed by atoms with E-state index in [1.807, 2.05) is 12.1 Å². The summed E-state index contributed by atoms with van der Waals surface area (Å²) >= 11 is 1.62. The highest BCUT2D eigenvalue weighted by Crippen LogP contribution is 2.33. The van der Waals surface area contributed by atoms with Crippen LogP contribution in [-0.4, -0.2) is 21.3 Å². The molecule has 2 N–H and O–H groups in total. The van der Waals surface area contributed by atoms with E-state index in [1.165, 1.54) is 4.88 Å². The summed E-state index contributed by atoms with van der Waals surface area (Å²) in [7, 11) is 0. The van der Waals surface area contributed by atoms with E-state index in [2.05, 4.69) is 4.98 Å². The molecule has 1 aromatic heterocycles. The molecule has 1 atom stereocenters. The lowest BCUT2D eigenvalue weighted by atomic mass is 10.0. The predicted molar refractivity (Wildman–Crippen MR) is 67.2 cm³/mol. The molecule has 1 heterocycles. The van der Waals surface area contributed by atoms with Crippen LogP contribution < -0.4 is 0 Å². The Morgan fingerprint density at radius 1 is 1.35 bits per heavy atom. The number of aromatic hydroxyl groups is 1. The number of hydrogen-bond acceptors (Lipinski definition) is 4. The van der Waals surface area contributed by atoms with Crippen molar-refractivity contribution in [2.45, 2.75) is 25.4 Å². The number of benzene rings is 1. The lowest BCUT2D eigenvalue weighted by Gasteiger charge is -2.14. The molecule has 2 aromatic rings. The number of phenolic OH excluding ortho intramolecular Hbond substituents is 1. The first-order valence-electron chi connectivity index (χ1n) is 5.68. The number of aromatic nitrogens is 1. The fourth-order valence-corrected chi connectivity index (χ4v) is 3.30. The smallest absolute Gasteiger partial charge is 0.124 e. The molecule has 1 unspecified atom stereocenters. The lowest BCUT2D eigenvalue weighted by molar-refractivity contribution is 0.159. The Balaban J connectivity index is 2.00.